The van der Waals surface area contributed by atoms with Crippen molar-refractivity contribution >= 4 is 76.1 Å². The molecule has 9 aromatic carbocycles. The molecular weight excluding hydrogens is 1150 g/mol. The van der Waals surface area contributed by atoms with Crippen molar-refractivity contribution in [1.82, 2.24) is 9.55 Å². The second-order valence-corrected chi connectivity index (χ2v) is 32.9. The van der Waals surface area contributed by atoms with E-state index in [4.69, 9.17) is 9.72 Å². The van der Waals surface area contributed by atoms with Crippen molar-refractivity contribution < 1.29 is 7.48 Å². The lowest BCUT2D eigenvalue weighted by Crippen LogP contribution is -2.25. The number of para-hydroxylation sites is 3. The third-order valence-corrected chi connectivity index (χ3v) is 20.4. The Hall–Kier alpha value is -8.45. The van der Waals surface area contributed by atoms with Crippen LogP contribution >= 0.6 is 11.3 Å². The van der Waals surface area contributed by atoms with E-state index in [-0.39, 0.29) is 27.1 Å². The van der Waals surface area contributed by atoms with E-state index < -0.39 is 11.8 Å². The number of rotatable bonds is 10. The first-order valence-electron chi connectivity index (χ1n) is 34.3. The molecule has 0 saturated carbocycles. The average Bonchev–Trinajstić information content (AvgIpc) is 1.59. The molecule has 3 aromatic heterocycles. The second-order valence-electron chi connectivity index (χ2n) is 31.9. The Bertz CT molecular complexity index is 4840. The van der Waals surface area contributed by atoms with Gasteiger partial charge in [0.25, 0.3) is 0 Å². The number of hydrogen-bond acceptors (Lipinski definition) is 5. The van der Waals surface area contributed by atoms with Gasteiger partial charge in [0.05, 0.1) is 28.1 Å². The Balaban J connectivity index is 1.05. The minimum atomic E-state index is -1.01. The quantitative estimate of drug-likeness (QED) is 0.137. The Morgan fingerprint density at radius 1 is 0.473 bits per heavy atom. The summed E-state index contributed by atoms with van der Waals surface area (Å²) in [5, 5.41) is 4.83. The minimum absolute atomic E-state index is 0.105. The topological polar surface area (TPSA) is 33.5 Å². The number of hydrogen-bond donors (Lipinski definition) is 0. The number of ether oxygens (including phenoxy) is 1. The number of anilines is 4. The monoisotopic (exact) mass is 1240 g/mol. The number of fused-ring (bicyclic) bond motifs is 8. The highest BCUT2D eigenvalue weighted by molar-refractivity contribution is 7.26. The van der Waals surface area contributed by atoms with Crippen molar-refractivity contribution in [2.24, 2.45) is 0 Å². The van der Waals surface area contributed by atoms with Gasteiger partial charge in [-0.25, -0.2) is 4.98 Å². The van der Waals surface area contributed by atoms with E-state index in [2.05, 4.69) is 295 Å². The van der Waals surface area contributed by atoms with Gasteiger partial charge in [-0.2, -0.15) is 0 Å². The fraction of sp³-hybridized carbons (Fsp3) is 0.322. The highest BCUT2D eigenvalue weighted by Crippen LogP contribution is 2.54. The normalized spacial score (nSPS) is 14.0. The summed E-state index contributed by atoms with van der Waals surface area (Å²) in [5.41, 5.74) is 21.5. The van der Waals surface area contributed by atoms with Crippen LogP contribution in [0.1, 0.15) is 191 Å². The molecule has 4 heterocycles. The standard InChI is InChI=1S/C87H94N4OS/c1-52(2)65-28-25-29-66(53(3)4)79(65)57-43-62(47-64(44-57)92-63-35-36-71-76(48-63)91(78-49-72(87(18,19)20)54(5)50-88-78)75-38-37-70-69-27-21-24-34-77(69)93-82(70)80(71)75)89-51-90(74-33-23-22-32-73(74)89)81-67(55-39-58(83(6,7)8)45-59(40-55)84(9,10)11)30-26-31-68(81)56-41-60(85(12,13)14)46-61(42-56)86(15,16)17/h21-50,52-53H,51H2,1-20H3/i52D,53D. The van der Waals surface area contributed by atoms with Crippen molar-refractivity contribution in [2.75, 3.05) is 16.5 Å². The molecule has 5 nitrogen and oxygen atoms in total. The maximum absolute atomic E-state index is 9.75. The lowest BCUT2D eigenvalue weighted by molar-refractivity contribution is 0.483. The molecule has 6 heteroatoms. The molecule has 0 fully saturated rings. The van der Waals surface area contributed by atoms with E-state index in [0.29, 0.717) is 18.2 Å². The van der Waals surface area contributed by atoms with E-state index in [1.54, 1.807) is 0 Å². The predicted octanol–water partition coefficient (Wildman–Crippen LogP) is 25.6. The van der Waals surface area contributed by atoms with Crippen molar-refractivity contribution in [3.8, 4) is 50.7 Å². The van der Waals surface area contributed by atoms with E-state index in [1.807, 2.05) is 51.3 Å². The summed E-state index contributed by atoms with van der Waals surface area (Å²) in [7, 11) is 0. The maximum Gasteiger partial charge on any atom is 0.137 e. The third kappa shape index (κ3) is 11.6. The molecule has 0 radical (unpaired) electrons. The lowest BCUT2D eigenvalue weighted by atomic mass is 9.77. The van der Waals surface area contributed by atoms with Gasteiger partial charge in [-0.15, -0.1) is 11.3 Å². The predicted molar refractivity (Wildman–Crippen MR) is 403 cm³/mol. The largest absolute Gasteiger partial charge is 0.457 e. The van der Waals surface area contributed by atoms with Gasteiger partial charge >= 0.3 is 0 Å². The Morgan fingerprint density at radius 3 is 1.57 bits per heavy atom. The molecule has 0 bridgehead atoms. The van der Waals surface area contributed by atoms with Crippen LogP contribution < -0.4 is 14.5 Å². The van der Waals surface area contributed by atoms with Gasteiger partial charge in [-0.3, -0.25) is 4.57 Å². The number of benzene rings is 9. The van der Waals surface area contributed by atoms with Crippen LogP contribution in [0.5, 0.6) is 11.5 Å². The number of nitrogens with zero attached hydrogens (tertiary/aromatic N) is 4. The third-order valence-electron chi connectivity index (χ3n) is 19.2. The molecule has 1 aliphatic rings. The van der Waals surface area contributed by atoms with Crippen molar-refractivity contribution in [3.63, 3.8) is 0 Å². The van der Waals surface area contributed by atoms with Gasteiger partial charge in [0.15, 0.2) is 0 Å². The van der Waals surface area contributed by atoms with E-state index in [9.17, 15) is 2.74 Å². The van der Waals surface area contributed by atoms with Crippen LogP contribution in [0.4, 0.5) is 22.7 Å². The molecule has 93 heavy (non-hydrogen) atoms. The molecule has 0 saturated heterocycles. The van der Waals surface area contributed by atoms with Gasteiger partial charge < -0.3 is 14.5 Å². The smallest absolute Gasteiger partial charge is 0.137 e. The number of thiophene rings is 1. The summed E-state index contributed by atoms with van der Waals surface area (Å²) in [5.74, 6) is 0.165. The van der Waals surface area contributed by atoms with Crippen molar-refractivity contribution in [1.29, 1.82) is 0 Å². The fourth-order valence-electron chi connectivity index (χ4n) is 14.0. The van der Waals surface area contributed by atoms with E-state index >= 15 is 0 Å². The summed E-state index contributed by atoms with van der Waals surface area (Å²) in [6.45, 7) is 45.2. The molecule has 12 aromatic rings. The van der Waals surface area contributed by atoms with Crippen LogP contribution in [-0.2, 0) is 27.1 Å². The van der Waals surface area contributed by atoms with Gasteiger partial charge in [-0.05, 0) is 167 Å². The maximum atomic E-state index is 9.75. The van der Waals surface area contributed by atoms with Gasteiger partial charge in [0, 0.05) is 68.8 Å². The van der Waals surface area contributed by atoms with Crippen LogP contribution in [0, 0.1) is 6.92 Å². The highest BCUT2D eigenvalue weighted by atomic mass is 32.1. The zero-order valence-corrected chi connectivity index (χ0v) is 59.4. The van der Waals surface area contributed by atoms with Crippen LogP contribution in [0.15, 0.2) is 182 Å². The Labute approximate surface area is 560 Å². The zero-order chi connectivity index (χ0) is 68.0. The molecule has 0 aliphatic carbocycles. The molecule has 13 rings (SSSR count). The Morgan fingerprint density at radius 2 is 1.01 bits per heavy atom. The summed E-state index contributed by atoms with van der Waals surface area (Å²) in [6.07, 6.45) is 2.03. The van der Waals surface area contributed by atoms with Crippen LogP contribution in [0.3, 0.4) is 0 Å². The summed E-state index contributed by atoms with van der Waals surface area (Å²) >= 11 is 1.85. The summed E-state index contributed by atoms with van der Waals surface area (Å²) in [6, 6.07) is 65.3. The van der Waals surface area contributed by atoms with Crippen LogP contribution in [0.25, 0.3) is 81.2 Å². The van der Waals surface area contributed by atoms with Crippen molar-refractivity contribution in [2.45, 2.75) is 177 Å². The fourth-order valence-corrected chi connectivity index (χ4v) is 15.3. The second kappa shape index (κ2) is 22.9. The summed E-state index contributed by atoms with van der Waals surface area (Å²) in [4.78, 5) is 10.2. The van der Waals surface area contributed by atoms with Crippen molar-refractivity contribution in [3.05, 3.63) is 227 Å². The van der Waals surface area contributed by atoms with Crippen LogP contribution in [-0.4, -0.2) is 16.2 Å². The molecule has 0 N–H and O–H groups in total. The average molecular weight is 1250 g/mol. The molecule has 0 amide bonds. The van der Waals surface area contributed by atoms with Gasteiger partial charge in [-0.1, -0.05) is 241 Å². The summed E-state index contributed by atoms with van der Waals surface area (Å²) < 4.78 is 31.8. The molecular formula is C87H94N4OS. The number of pyridine rings is 1. The zero-order valence-electron chi connectivity index (χ0n) is 60.6. The Kier molecular flexibility index (Phi) is 15.0. The first kappa shape index (κ1) is 60.8. The molecule has 0 atom stereocenters. The van der Waals surface area contributed by atoms with Gasteiger partial charge in [0.1, 0.15) is 24.0 Å². The first-order chi connectivity index (χ1) is 44.4. The van der Waals surface area contributed by atoms with E-state index in [1.165, 1.54) is 64.5 Å². The molecule has 474 valence electrons. The van der Waals surface area contributed by atoms with E-state index in [0.717, 1.165) is 83.9 Å². The molecule has 0 spiro atoms. The SMILES string of the molecule is [2H]C(C)(C)c1cccc(C([2H])(C)C)c1-c1cc(Oc2ccc3c4c5sc6ccccc6c5ccc4n(-c4cc(C(C)(C)C)c(C)cn4)c3c2)cc(N2CN(c3c(-c4cc(C(C)(C)C)cc(C(C)(C)C)c4)cccc3-c3cc(C(C)(C)C)cc(C(C)(C)C)c3)c3ccccc32)c1. The lowest BCUT2D eigenvalue weighted by Gasteiger charge is -2.31. The van der Waals surface area contributed by atoms with Crippen LogP contribution in [0.2, 0.25) is 0 Å². The minimum Gasteiger partial charge on any atom is -0.457 e. The first-order valence-corrected chi connectivity index (χ1v) is 34.2. The number of aryl methyl sites for hydroxylation is 1. The van der Waals surface area contributed by atoms with Gasteiger partial charge in [0.2, 0.25) is 0 Å². The number of aromatic nitrogens is 2. The highest BCUT2D eigenvalue weighted by Gasteiger charge is 2.35. The molecule has 0 unspecified atom stereocenters. The molecule has 1 aliphatic heterocycles.